The van der Waals surface area contributed by atoms with E-state index in [0.717, 1.165) is 0 Å². The molecule has 0 atom stereocenters. The number of carbonyl (C=O) groups is 2. The van der Waals surface area contributed by atoms with Crippen molar-refractivity contribution >= 4 is 41.2 Å². The third-order valence-electron chi connectivity index (χ3n) is 3.48. The van der Waals surface area contributed by atoms with Gasteiger partial charge in [0.25, 0.3) is 11.8 Å². The molecule has 0 aromatic heterocycles. The monoisotopic (exact) mass is 439 g/mol. The van der Waals surface area contributed by atoms with Gasteiger partial charge in [-0.15, -0.1) is 0 Å². The van der Waals surface area contributed by atoms with Gasteiger partial charge in [0.15, 0.2) is 23.9 Å². The predicted molar refractivity (Wildman–Crippen MR) is 110 cm³/mol. The number of halogens is 2. The third-order valence-corrected chi connectivity index (χ3v) is 4.05. The molecule has 29 heavy (non-hydrogen) atoms. The van der Waals surface area contributed by atoms with Gasteiger partial charge in [-0.1, -0.05) is 23.2 Å². The number of nitrogens with zero attached hydrogens (tertiary/aromatic N) is 1. The lowest BCUT2D eigenvalue weighted by Crippen LogP contribution is -2.20. The zero-order chi connectivity index (χ0) is 21.4. The molecule has 2 amide bonds. The minimum Gasteiger partial charge on any atom is -0.493 e. The number of benzene rings is 2. The standard InChI is InChI=1S/C19H19Cl2N3O5/c1-3-28-16-8-12(4-5-15(16)27-2)19(26)24-23-9-11-6-13(20)18(14(21)7-11)29-10-17(22)25/h4-9H,3,10H2,1-2H3,(H2,22,25)(H,24,26)/b23-9+. The smallest absolute Gasteiger partial charge is 0.271 e. The molecule has 0 saturated carbocycles. The Morgan fingerprint density at radius 1 is 1.14 bits per heavy atom. The highest BCUT2D eigenvalue weighted by Crippen LogP contribution is 2.33. The van der Waals surface area contributed by atoms with Crippen molar-refractivity contribution in [3.63, 3.8) is 0 Å². The lowest BCUT2D eigenvalue weighted by atomic mass is 10.2. The van der Waals surface area contributed by atoms with Crippen molar-refractivity contribution < 1.29 is 23.8 Å². The molecule has 10 heteroatoms. The first kappa shape index (κ1) is 22.3. The summed E-state index contributed by atoms with van der Waals surface area (Å²) in [5, 5.41) is 4.23. The SMILES string of the molecule is CCOc1cc(C(=O)N/N=C/c2cc(Cl)c(OCC(N)=O)c(Cl)c2)ccc1OC. The Kier molecular flexibility index (Phi) is 8.11. The Morgan fingerprint density at radius 3 is 2.41 bits per heavy atom. The van der Waals surface area contributed by atoms with Gasteiger partial charge in [-0.25, -0.2) is 5.43 Å². The van der Waals surface area contributed by atoms with Crippen molar-refractivity contribution in [2.75, 3.05) is 20.3 Å². The molecule has 0 aliphatic carbocycles. The molecule has 8 nitrogen and oxygen atoms in total. The van der Waals surface area contributed by atoms with Crippen LogP contribution in [-0.4, -0.2) is 38.4 Å². The van der Waals surface area contributed by atoms with E-state index >= 15 is 0 Å². The largest absolute Gasteiger partial charge is 0.493 e. The average molecular weight is 440 g/mol. The number of carbonyl (C=O) groups excluding carboxylic acids is 2. The van der Waals surface area contributed by atoms with Crippen LogP contribution in [0.3, 0.4) is 0 Å². The summed E-state index contributed by atoms with van der Waals surface area (Å²) in [6.45, 7) is 1.91. The lowest BCUT2D eigenvalue weighted by Gasteiger charge is -2.10. The molecular weight excluding hydrogens is 421 g/mol. The van der Waals surface area contributed by atoms with E-state index in [-0.39, 0.29) is 22.4 Å². The maximum atomic E-state index is 12.3. The van der Waals surface area contributed by atoms with Gasteiger partial charge in [0, 0.05) is 5.56 Å². The Labute approximate surface area is 177 Å². The first-order valence-corrected chi connectivity index (χ1v) is 9.15. The predicted octanol–water partition coefficient (Wildman–Crippen LogP) is 3.03. The number of hydrogen-bond acceptors (Lipinski definition) is 6. The zero-order valence-electron chi connectivity index (χ0n) is 15.7. The molecule has 0 aliphatic heterocycles. The van der Waals surface area contributed by atoms with Crippen molar-refractivity contribution in [1.82, 2.24) is 5.43 Å². The zero-order valence-corrected chi connectivity index (χ0v) is 17.2. The van der Waals surface area contributed by atoms with Crippen LogP contribution in [0.5, 0.6) is 17.2 Å². The molecule has 0 aliphatic rings. The van der Waals surface area contributed by atoms with Crippen LogP contribution in [0.15, 0.2) is 35.4 Å². The number of primary amides is 1. The Hall–Kier alpha value is -2.97. The molecule has 0 unspecified atom stereocenters. The van der Waals surface area contributed by atoms with Crippen LogP contribution in [0, 0.1) is 0 Å². The summed E-state index contributed by atoms with van der Waals surface area (Å²) < 4.78 is 15.8. The summed E-state index contributed by atoms with van der Waals surface area (Å²) >= 11 is 12.2. The molecule has 0 bridgehead atoms. The van der Waals surface area contributed by atoms with Gasteiger partial charge < -0.3 is 19.9 Å². The molecule has 154 valence electrons. The van der Waals surface area contributed by atoms with Gasteiger partial charge in [0.1, 0.15) is 0 Å². The number of nitrogens with two attached hydrogens (primary N) is 1. The summed E-state index contributed by atoms with van der Waals surface area (Å²) in [4.78, 5) is 23.1. The normalized spacial score (nSPS) is 10.6. The van der Waals surface area contributed by atoms with Crippen molar-refractivity contribution in [3.8, 4) is 17.2 Å². The van der Waals surface area contributed by atoms with Crippen molar-refractivity contribution in [3.05, 3.63) is 51.5 Å². The van der Waals surface area contributed by atoms with E-state index in [4.69, 9.17) is 43.1 Å². The Morgan fingerprint density at radius 2 is 1.83 bits per heavy atom. The molecule has 2 aromatic carbocycles. The Balaban J connectivity index is 2.08. The molecule has 0 heterocycles. The van der Waals surface area contributed by atoms with E-state index in [2.05, 4.69) is 10.5 Å². The Bertz CT molecular complexity index is 911. The van der Waals surface area contributed by atoms with Gasteiger partial charge >= 0.3 is 0 Å². The summed E-state index contributed by atoms with van der Waals surface area (Å²) in [6.07, 6.45) is 1.36. The number of hydrogen-bond donors (Lipinski definition) is 2. The van der Waals surface area contributed by atoms with Gasteiger partial charge in [-0.3, -0.25) is 9.59 Å². The van der Waals surface area contributed by atoms with E-state index in [1.54, 1.807) is 18.2 Å². The quantitative estimate of drug-likeness (QED) is 0.460. The van der Waals surface area contributed by atoms with Crippen LogP contribution >= 0.6 is 23.2 Å². The number of methoxy groups -OCH3 is 1. The number of rotatable bonds is 9. The van der Waals surface area contributed by atoms with Crippen molar-refractivity contribution in [2.24, 2.45) is 10.8 Å². The molecule has 2 rings (SSSR count). The maximum absolute atomic E-state index is 12.3. The molecule has 3 N–H and O–H groups in total. The minimum atomic E-state index is -0.656. The highest BCUT2D eigenvalue weighted by atomic mass is 35.5. The molecular formula is C19H19Cl2N3O5. The van der Waals surface area contributed by atoms with E-state index in [1.807, 2.05) is 6.92 Å². The average Bonchev–Trinajstić information content (AvgIpc) is 2.67. The molecule has 0 saturated heterocycles. The van der Waals surface area contributed by atoms with E-state index in [0.29, 0.717) is 29.2 Å². The molecule has 0 fully saturated rings. The van der Waals surface area contributed by atoms with Crippen LogP contribution in [0.2, 0.25) is 10.0 Å². The van der Waals surface area contributed by atoms with Crippen LogP contribution in [0.25, 0.3) is 0 Å². The number of ether oxygens (including phenoxy) is 3. The topological polar surface area (TPSA) is 112 Å². The van der Waals surface area contributed by atoms with Crippen LogP contribution in [-0.2, 0) is 4.79 Å². The van der Waals surface area contributed by atoms with E-state index in [9.17, 15) is 9.59 Å². The van der Waals surface area contributed by atoms with Gasteiger partial charge in [-0.2, -0.15) is 5.10 Å². The third kappa shape index (κ3) is 6.27. The molecule has 0 radical (unpaired) electrons. The van der Waals surface area contributed by atoms with Crippen LogP contribution in [0.4, 0.5) is 0 Å². The number of amides is 2. The summed E-state index contributed by atoms with van der Waals surface area (Å²) in [7, 11) is 1.52. The highest BCUT2D eigenvalue weighted by molar-refractivity contribution is 6.37. The molecule has 2 aromatic rings. The summed E-state index contributed by atoms with van der Waals surface area (Å²) in [5.74, 6) is 0.0153. The fraction of sp³-hybridized carbons (Fsp3) is 0.211. The fourth-order valence-corrected chi connectivity index (χ4v) is 2.86. The van der Waals surface area contributed by atoms with E-state index in [1.165, 1.54) is 25.5 Å². The number of nitrogens with one attached hydrogen (secondary N) is 1. The first-order valence-electron chi connectivity index (χ1n) is 8.40. The second-order valence-corrected chi connectivity index (χ2v) is 6.38. The first-order chi connectivity index (χ1) is 13.8. The van der Waals surface area contributed by atoms with Gasteiger partial charge in [0.2, 0.25) is 0 Å². The second kappa shape index (κ2) is 10.5. The summed E-state index contributed by atoms with van der Waals surface area (Å²) in [5.41, 5.74) is 8.29. The molecule has 0 spiro atoms. The van der Waals surface area contributed by atoms with Crippen molar-refractivity contribution in [2.45, 2.75) is 6.92 Å². The highest BCUT2D eigenvalue weighted by Gasteiger charge is 2.12. The van der Waals surface area contributed by atoms with E-state index < -0.39 is 11.8 Å². The van der Waals surface area contributed by atoms with Gasteiger partial charge in [-0.05, 0) is 42.8 Å². The minimum absolute atomic E-state index is 0.134. The number of hydrazone groups is 1. The lowest BCUT2D eigenvalue weighted by molar-refractivity contribution is -0.119. The van der Waals surface area contributed by atoms with Crippen molar-refractivity contribution in [1.29, 1.82) is 0 Å². The summed E-state index contributed by atoms with van der Waals surface area (Å²) in [6, 6.07) is 7.81. The van der Waals surface area contributed by atoms with Crippen LogP contribution < -0.4 is 25.4 Å². The second-order valence-electron chi connectivity index (χ2n) is 5.57. The fourth-order valence-electron chi connectivity index (χ4n) is 2.25. The van der Waals surface area contributed by atoms with Crippen LogP contribution in [0.1, 0.15) is 22.8 Å². The maximum Gasteiger partial charge on any atom is 0.271 e. The van der Waals surface area contributed by atoms with Gasteiger partial charge in [0.05, 0.1) is 30.0 Å².